The summed E-state index contributed by atoms with van der Waals surface area (Å²) in [7, 11) is 1.63. The normalized spacial score (nSPS) is 10.7. The molecular weight excluding hydrogens is 275 g/mol. The van der Waals surface area contributed by atoms with Crippen LogP contribution in [-0.4, -0.2) is 7.11 Å². The maximum absolute atomic E-state index is 13.1. The molecule has 102 valence electrons. The highest BCUT2D eigenvalue weighted by atomic mass is 32.1. The highest BCUT2D eigenvalue weighted by Crippen LogP contribution is 2.28. The number of fused-ring (bicyclic) bond motifs is 1. The van der Waals surface area contributed by atoms with Crippen molar-refractivity contribution in [3.63, 3.8) is 0 Å². The van der Waals surface area contributed by atoms with E-state index in [0.717, 1.165) is 27.1 Å². The molecule has 1 aromatic heterocycles. The van der Waals surface area contributed by atoms with Crippen LogP contribution in [0.3, 0.4) is 0 Å². The zero-order valence-electron chi connectivity index (χ0n) is 10.9. The number of hydrogen-bond acceptors (Lipinski definition) is 3. The van der Waals surface area contributed by atoms with Gasteiger partial charge in [0.25, 0.3) is 0 Å². The average Bonchev–Trinajstić information content (AvgIpc) is 2.88. The summed E-state index contributed by atoms with van der Waals surface area (Å²) in [6.45, 7) is 0.470. The minimum Gasteiger partial charge on any atom is -0.497 e. The highest BCUT2D eigenvalue weighted by molar-refractivity contribution is 7.17. The Balaban J connectivity index is 1.76. The van der Waals surface area contributed by atoms with E-state index >= 15 is 0 Å². The lowest BCUT2D eigenvalue weighted by Crippen LogP contribution is -1.94. The van der Waals surface area contributed by atoms with Crippen molar-refractivity contribution in [1.29, 1.82) is 0 Å². The molecule has 0 atom stereocenters. The zero-order chi connectivity index (χ0) is 13.9. The van der Waals surface area contributed by atoms with E-state index in [1.807, 2.05) is 29.6 Å². The first-order valence-electron chi connectivity index (χ1n) is 6.19. The second kappa shape index (κ2) is 5.51. The Labute approximate surface area is 120 Å². The summed E-state index contributed by atoms with van der Waals surface area (Å²) in [6.07, 6.45) is 0. The first-order chi connectivity index (χ1) is 9.76. The molecule has 0 saturated carbocycles. The van der Waals surface area contributed by atoms with E-state index in [-0.39, 0.29) is 5.82 Å². The largest absolute Gasteiger partial charge is 0.497 e. The van der Waals surface area contributed by atoms with Gasteiger partial charge in [-0.25, -0.2) is 4.39 Å². The predicted octanol–water partition coefficient (Wildman–Crippen LogP) is 4.63. The predicted molar refractivity (Wildman–Crippen MR) is 79.1 cm³/mol. The van der Waals surface area contributed by atoms with E-state index in [9.17, 15) is 4.39 Å². The van der Waals surface area contributed by atoms with Crippen LogP contribution in [0.5, 0.6) is 11.5 Å². The molecule has 3 aromatic rings. The molecule has 4 heteroatoms. The Hall–Kier alpha value is -2.07. The minimum absolute atomic E-state index is 0.207. The summed E-state index contributed by atoms with van der Waals surface area (Å²) in [4.78, 5) is 0. The lowest BCUT2D eigenvalue weighted by atomic mass is 10.2. The molecule has 0 amide bonds. The third-order valence-corrected chi connectivity index (χ3v) is 4.07. The molecule has 2 nitrogen and oxygen atoms in total. The first-order valence-corrected chi connectivity index (χ1v) is 7.07. The summed E-state index contributed by atoms with van der Waals surface area (Å²) in [5.74, 6) is 1.38. The number of ether oxygens (including phenoxy) is 2. The average molecular weight is 288 g/mol. The van der Waals surface area contributed by atoms with E-state index < -0.39 is 0 Å². The lowest BCUT2D eigenvalue weighted by Gasteiger charge is -2.06. The molecule has 0 saturated heterocycles. The van der Waals surface area contributed by atoms with E-state index in [0.29, 0.717) is 6.61 Å². The van der Waals surface area contributed by atoms with Crippen LogP contribution in [0.4, 0.5) is 4.39 Å². The second-order valence-corrected chi connectivity index (χ2v) is 5.28. The van der Waals surface area contributed by atoms with Gasteiger partial charge in [-0.05, 0) is 47.2 Å². The molecule has 0 aliphatic rings. The Bertz CT molecular complexity index is 719. The SMILES string of the molecule is COc1ccc(OCc2csc3cc(F)ccc23)cc1. The molecule has 0 bridgehead atoms. The Morgan fingerprint density at radius 2 is 1.80 bits per heavy atom. The fourth-order valence-corrected chi connectivity index (χ4v) is 2.97. The third-order valence-electron chi connectivity index (χ3n) is 3.07. The van der Waals surface area contributed by atoms with Gasteiger partial charge in [0, 0.05) is 10.3 Å². The van der Waals surface area contributed by atoms with Crippen molar-refractivity contribution >= 4 is 21.4 Å². The molecular formula is C16H13FO2S. The van der Waals surface area contributed by atoms with Crippen LogP contribution in [0.1, 0.15) is 5.56 Å². The van der Waals surface area contributed by atoms with Crippen LogP contribution in [0.25, 0.3) is 10.1 Å². The third kappa shape index (κ3) is 2.60. The van der Waals surface area contributed by atoms with Crippen LogP contribution in [0, 0.1) is 5.82 Å². The van der Waals surface area contributed by atoms with Crippen LogP contribution >= 0.6 is 11.3 Å². The molecule has 0 N–H and O–H groups in total. The monoisotopic (exact) mass is 288 g/mol. The maximum atomic E-state index is 13.1. The molecule has 20 heavy (non-hydrogen) atoms. The summed E-state index contributed by atoms with van der Waals surface area (Å²) in [5, 5.41) is 3.05. The van der Waals surface area contributed by atoms with Gasteiger partial charge in [-0.15, -0.1) is 11.3 Å². The molecule has 0 fully saturated rings. The molecule has 0 radical (unpaired) electrons. The molecule has 3 rings (SSSR count). The number of benzene rings is 2. The van der Waals surface area contributed by atoms with E-state index in [2.05, 4.69) is 0 Å². The van der Waals surface area contributed by atoms with E-state index in [1.54, 1.807) is 19.2 Å². The van der Waals surface area contributed by atoms with Gasteiger partial charge in [0.1, 0.15) is 23.9 Å². The number of halogens is 1. The van der Waals surface area contributed by atoms with Gasteiger partial charge in [0.2, 0.25) is 0 Å². The standard InChI is InChI=1S/C16H13FO2S/c1-18-13-3-5-14(6-4-13)19-9-11-10-20-16-8-12(17)2-7-15(11)16/h2-8,10H,9H2,1H3. The molecule has 2 aromatic carbocycles. The van der Waals surface area contributed by atoms with E-state index in [4.69, 9.17) is 9.47 Å². The van der Waals surface area contributed by atoms with Crippen LogP contribution < -0.4 is 9.47 Å². The zero-order valence-corrected chi connectivity index (χ0v) is 11.7. The van der Waals surface area contributed by atoms with Crippen molar-refractivity contribution in [2.75, 3.05) is 7.11 Å². The molecule has 0 unspecified atom stereocenters. The van der Waals surface area contributed by atoms with Gasteiger partial charge in [-0.1, -0.05) is 6.07 Å². The van der Waals surface area contributed by atoms with Crippen molar-refractivity contribution < 1.29 is 13.9 Å². The van der Waals surface area contributed by atoms with Crippen LogP contribution in [0.15, 0.2) is 47.8 Å². The van der Waals surface area contributed by atoms with Gasteiger partial charge in [0.05, 0.1) is 7.11 Å². The van der Waals surface area contributed by atoms with Crippen molar-refractivity contribution in [3.05, 3.63) is 59.2 Å². The number of thiophene rings is 1. The van der Waals surface area contributed by atoms with Crippen molar-refractivity contribution in [2.45, 2.75) is 6.61 Å². The number of methoxy groups -OCH3 is 1. The van der Waals surface area contributed by atoms with Crippen molar-refractivity contribution in [2.24, 2.45) is 0 Å². The lowest BCUT2D eigenvalue weighted by molar-refractivity contribution is 0.307. The fraction of sp³-hybridized carbons (Fsp3) is 0.125. The molecule has 1 heterocycles. The molecule has 0 spiro atoms. The second-order valence-electron chi connectivity index (χ2n) is 4.37. The molecule has 0 aliphatic carbocycles. The summed E-state index contributed by atoms with van der Waals surface area (Å²) >= 11 is 1.53. The maximum Gasteiger partial charge on any atom is 0.124 e. The number of rotatable bonds is 4. The minimum atomic E-state index is -0.207. The quantitative estimate of drug-likeness (QED) is 0.697. The summed E-state index contributed by atoms with van der Waals surface area (Å²) in [6, 6.07) is 12.3. The fourth-order valence-electron chi connectivity index (χ4n) is 2.00. The summed E-state index contributed by atoms with van der Waals surface area (Å²) in [5.41, 5.74) is 1.07. The molecule has 0 aliphatic heterocycles. The Morgan fingerprint density at radius 1 is 1.05 bits per heavy atom. The highest BCUT2D eigenvalue weighted by Gasteiger charge is 2.06. The number of hydrogen-bond donors (Lipinski definition) is 0. The van der Waals surface area contributed by atoms with E-state index in [1.165, 1.54) is 17.4 Å². The smallest absolute Gasteiger partial charge is 0.124 e. The van der Waals surface area contributed by atoms with Crippen LogP contribution in [0.2, 0.25) is 0 Å². The van der Waals surface area contributed by atoms with Gasteiger partial charge >= 0.3 is 0 Å². The van der Waals surface area contributed by atoms with Crippen LogP contribution in [-0.2, 0) is 6.61 Å². The van der Waals surface area contributed by atoms with Gasteiger partial charge in [-0.2, -0.15) is 0 Å². The van der Waals surface area contributed by atoms with Crippen molar-refractivity contribution in [3.8, 4) is 11.5 Å². The Morgan fingerprint density at radius 3 is 2.55 bits per heavy atom. The Kier molecular flexibility index (Phi) is 3.56. The first kappa shape index (κ1) is 12.9. The van der Waals surface area contributed by atoms with Gasteiger partial charge < -0.3 is 9.47 Å². The van der Waals surface area contributed by atoms with Crippen molar-refractivity contribution in [1.82, 2.24) is 0 Å². The van der Waals surface area contributed by atoms with Gasteiger partial charge in [0.15, 0.2) is 0 Å². The summed E-state index contributed by atoms with van der Waals surface area (Å²) < 4.78 is 24.9. The topological polar surface area (TPSA) is 18.5 Å². The van der Waals surface area contributed by atoms with Gasteiger partial charge in [-0.3, -0.25) is 0 Å².